The molecule has 0 spiro atoms. The third-order valence-corrected chi connectivity index (χ3v) is 5.10. The first-order valence-electron chi connectivity index (χ1n) is 9.31. The van der Waals surface area contributed by atoms with E-state index in [1.165, 1.54) is 0 Å². The van der Waals surface area contributed by atoms with Crippen molar-refractivity contribution in [1.29, 1.82) is 0 Å². The van der Waals surface area contributed by atoms with Crippen LogP contribution in [0.15, 0.2) is 4.99 Å². The average molecular weight is 341 g/mol. The first-order valence-corrected chi connectivity index (χ1v) is 9.31. The molecular weight excluding hydrogens is 304 g/mol. The normalized spacial score (nSPS) is 22.9. The van der Waals surface area contributed by atoms with Gasteiger partial charge in [-0.2, -0.15) is 0 Å². The van der Waals surface area contributed by atoms with Crippen LogP contribution in [0.3, 0.4) is 0 Å². The molecule has 1 saturated carbocycles. The summed E-state index contributed by atoms with van der Waals surface area (Å²) in [7, 11) is 1.77. The molecule has 0 bridgehead atoms. The van der Waals surface area contributed by atoms with Crippen molar-refractivity contribution >= 4 is 11.9 Å². The fraction of sp³-hybridized carbons (Fsp3) is 0.889. The Bertz CT molecular complexity index is 419. The van der Waals surface area contributed by atoms with Gasteiger partial charge in [-0.15, -0.1) is 0 Å². The number of hydrogen-bond donors (Lipinski definition) is 3. The predicted octanol–water partition coefficient (Wildman–Crippen LogP) is 2.05. The molecule has 140 valence electrons. The summed E-state index contributed by atoms with van der Waals surface area (Å²) >= 11 is 0. The molecule has 6 heteroatoms. The number of rotatable bonds is 9. The molecule has 1 fully saturated rings. The van der Waals surface area contributed by atoms with Crippen molar-refractivity contribution in [3.63, 3.8) is 0 Å². The number of nitrogens with zero attached hydrogens (tertiary/aromatic N) is 1. The fourth-order valence-corrected chi connectivity index (χ4v) is 3.63. The van der Waals surface area contributed by atoms with E-state index in [0.29, 0.717) is 25.1 Å². The topological polar surface area (TPSA) is 74.8 Å². The second-order valence-corrected chi connectivity index (χ2v) is 6.79. The molecule has 0 radical (unpaired) electrons. The van der Waals surface area contributed by atoms with Gasteiger partial charge >= 0.3 is 0 Å². The Hall–Kier alpha value is -1.30. The number of amides is 1. The molecule has 2 atom stereocenters. The molecule has 0 heterocycles. The Morgan fingerprint density at radius 3 is 2.46 bits per heavy atom. The Morgan fingerprint density at radius 1 is 1.29 bits per heavy atom. The van der Waals surface area contributed by atoms with Crippen LogP contribution < -0.4 is 16.0 Å². The monoisotopic (exact) mass is 340 g/mol. The number of aliphatic imine (C=N–C) groups is 1. The van der Waals surface area contributed by atoms with Crippen molar-refractivity contribution in [2.45, 2.75) is 78.5 Å². The molecule has 1 amide bonds. The van der Waals surface area contributed by atoms with Gasteiger partial charge in [-0.25, -0.2) is 0 Å². The maximum atomic E-state index is 11.7. The molecule has 0 aromatic rings. The summed E-state index contributed by atoms with van der Waals surface area (Å²) in [6, 6.07) is 0.537. The first-order chi connectivity index (χ1) is 11.4. The highest BCUT2D eigenvalue weighted by atomic mass is 16.5. The zero-order valence-corrected chi connectivity index (χ0v) is 16.2. The predicted molar refractivity (Wildman–Crippen MR) is 99.2 cm³/mol. The van der Waals surface area contributed by atoms with Crippen LogP contribution in [0.5, 0.6) is 0 Å². The molecule has 1 aliphatic carbocycles. The van der Waals surface area contributed by atoms with Crippen LogP contribution >= 0.6 is 0 Å². The number of carbonyl (C=O) groups excluding carboxylic acids is 1. The lowest BCUT2D eigenvalue weighted by Gasteiger charge is -2.55. The van der Waals surface area contributed by atoms with Gasteiger partial charge in [-0.3, -0.25) is 9.79 Å². The van der Waals surface area contributed by atoms with Crippen molar-refractivity contribution in [2.24, 2.45) is 10.4 Å². The molecule has 2 unspecified atom stereocenters. The zero-order valence-electron chi connectivity index (χ0n) is 16.2. The van der Waals surface area contributed by atoms with E-state index in [0.717, 1.165) is 31.8 Å². The number of hydrogen-bond acceptors (Lipinski definition) is 3. The molecule has 1 rings (SSSR count). The third-order valence-electron chi connectivity index (χ3n) is 5.10. The van der Waals surface area contributed by atoms with Gasteiger partial charge in [0.2, 0.25) is 5.91 Å². The summed E-state index contributed by atoms with van der Waals surface area (Å²) in [5, 5.41) is 9.66. The lowest BCUT2D eigenvalue weighted by atomic mass is 9.58. The van der Waals surface area contributed by atoms with E-state index in [4.69, 9.17) is 4.74 Å². The minimum Gasteiger partial charge on any atom is -0.378 e. The van der Waals surface area contributed by atoms with Gasteiger partial charge in [-0.05, 0) is 40.0 Å². The third kappa shape index (κ3) is 5.10. The van der Waals surface area contributed by atoms with Crippen LogP contribution in [0.4, 0.5) is 0 Å². The quantitative estimate of drug-likeness (QED) is 0.444. The lowest BCUT2D eigenvalue weighted by molar-refractivity contribution is -0.133. The van der Waals surface area contributed by atoms with Gasteiger partial charge in [0.15, 0.2) is 5.96 Å². The standard InChI is InChI=1S/C18H36N4O2/c1-7-18(8-2)14(12-15(18)24-9-3)22-17(19-6)20-11-10-16(23)21-13(4)5/h13-15H,7-12H2,1-6H3,(H,21,23)(H2,19,20,22). The Morgan fingerprint density at radius 2 is 1.96 bits per heavy atom. The average Bonchev–Trinajstić information content (AvgIpc) is 2.52. The summed E-state index contributed by atoms with van der Waals surface area (Å²) in [5.74, 6) is 0.822. The van der Waals surface area contributed by atoms with Crippen molar-refractivity contribution in [3.8, 4) is 0 Å². The Balaban J connectivity index is 2.49. The molecule has 0 aliphatic heterocycles. The SMILES string of the molecule is CCOC1CC(NC(=NC)NCCC(=O)NC(C)C)C1(CC)CC. The lowest BCUT2D eigenvalue weighted by Crippen LogP contribution is -2.65. The van der Waals surface area contributed by atoms with Crippen LogP contribution in [0.1, 0.15) is 60.3 Å². The molecule has 0 aromatic heterocycles. The number of ether oxygens (including phenoxy) is 1. The van der Waals surface area contributed by atoms with Gasteiger partial charge in [0.25, 0.3) is 0 Å². The largest absolute Gasteiger partial charge is 0.378 e. The molecule has 0 aromatic carbocycles. The van der Waals surface area contributed by atoms with Gasteiger partial charge in [-0.1, -0.05) is 13.8 Å². The smallest absolute Gasteiger partial charge is 0.221 e. The highest BCUT2D eigenvalue weighted by Gasteiger charge is 2.53. The van der Waals surface area contributed by atoms with Crippen LogP contribution in [-0.4, -0.2) is 50.3 Å². The van der Waals surface area contributed by atoms with Gasteiger partial charge in [0.1, 0.15) is 0 Å². The Kier molecular flexibility index (Phi) is 8.53. The summed E-state index contributed by atoms with van der Waals surface area (Å²) < 4.78 is 5.92. The highest BCUT2D eigenvalue weighted by molar-refractivity contribution is 5.81. The second kappa shape index (κ2) is 9.87. The van der Waals surface area contributed by atoms with Gasteiger partial charge in [0.05, 0.1) is 6.10 Å². The summed E-state index contributed by atoms with van der Waals surface area (Å²) in [6.07, 6.45) is 3.94. The second-order valence-electron chi connectivity index (χ2n) is 6.79. The number of guanidine groups is 1. The number of nitrogens with one attached hydrogen (secondary N) is 3. The van der Waals surface area contributed by atoms with Crippen LogP contribution in [0, 0.1) is 5.41 Å². The van der Waals surface area contributed by atoms with Crippen LogP contribution in [0.2, 0.25) is 0 Å². The first kappa shape index (κ1) is 20.7. The van der Waals surface area contributed by atoms with Crippen molar-refractivity contribution in [2.75, 3.05) is 20.2 Å². The van der Waals surface area contributed by atoms with E-state index in [1.807, 2.05) is 13.8 Å². The van der Waals surface area contributed by atoms with Crippen molar-refractivity contribution in [3.05, 3.63) is 0 Å². The Labute approximate surface area is 147 Å². The molecule has 0 saturated heterocycles. The summed E-state index contributed by atoms with van der Waals surface area (Å²) in [6.45, 7) is 11.8. The maximum Gasteiger partial charge on any atom is 0.221 e. The number of carbonyl (C=O) groups is 1. The van der Waals surface area contributed by atoms with E-state index in [2.05, 4.69) is 41.7 Å². The molecule has 24 heavy (non-hydrogen) atoms. The van der Waals surface area contributed by atoms with Gasteiger partial charge < -0.3 is 20.7 Å². The molecule has 1 aliphatic rings. The molecule has 3 N–H and O–H groups in total. The fourth-order valence-electron chi connectivity index (χ4n) is 3.63. The molecule has 6 nitrogen and oxygen atoms in total. The van der Waals surface area contributed by atoms with E-state index in [-0.39, 0.29) is 17.4 Å². The van der Waals surface area contributed by atoms with Crippen molar-refractivity contribution < 1.29 is 9.53 Å². The molecular formula is C18H36N4O2. The summed E-state index contributed by atoms with van der Waals surface area (Å²) in [5.41, 5.74) is 0.169. The van der Waals surface area contributed by atoms with E-state index in [1.54, 1.807) is 7.05 Å². The maximum absolute atomic E-state index is 11.7. The summed E-state index contributed by atoms with van der Waals surface area (Å²) in [4.78, 5) is 16.0. The van der Waals surface area contributed by atoms with Crippen LogP contribution in [-0.2, 0) is 9.53 Å². The minimum absolute atomic E-state index is 0.0597. The van der Waals surface area contributed by atoms with Crippen LogP contribution in [0.25, 0.3) is 0 Å². The highest BCUT2D eigenvalue weighted by Crippen LogP contribution is 2.48. The minimum atomic E-state index is 0.0597. The zero-order chi connectivity index (χ0) is 18.2. The van der Waals surface area contributed by atoms with E-state index >= 15 is 0 Å². The van der Waals surface area contributed by atoms with Gasteiger partial charge in [0, 0.05) is 44.1 Å². The van der Waals surface area contributed by atoms with Crippen molar-refractivity contribution in [1.82, 2.24) is 16.0 Å². The van der Waals surface area contributed by atoms with E-state index in [9.17, 15) is 4.79 Å². The van der Waals surface area contributed by atoms with E-state index < -0.39 is 0 Å².